The molecule has 100 valence electrons. The van der Waals surface area contributed by atoms with Gasteiger partial charge in [-0.25, -0.2) is 0 Å². The summed E-state index contributed by atoms with van der Waals surface area (Å²) in [4.78, 5) is 11.9. The second-order valence-electron chi connectivity index (χ2n) is 4.37. The van der Waals surface area contributed by atoms with Crippen molar-refractivity contribution in [1.82, 2.24) is 5.32 Å². The zero-order valence-corrected chi connectivity index (χ0v) is 12.1. The minimum Gasteiger partial charge on any atom is -0.349 e. The molecule has 2 unspecified atom stereocenters. The number of rotatable bonds is 5. The average Bonchev–Trinajstić information content (AvgIpc) is 2.28. The summed E-state index contributed by atoms with van der Waals surface area (Å²) in [6, 6.07) is 5.10. The molecule has 0 radical (unpaired) electrons. The number of benzene rings is 1. The Balaban J connectivity index is 2.70. The van der Waals surface area contributed by atoms with E-state index in [4.69, 9.17) is 28.9 Å². The van der Waals surface area contributed by atoms with E-state index in [0.29, 0.717) is 23.0 Å². The molecule has 0 heterocycles. The molecule has 1 aromatic carbocycles. The molecule has 0 aliphatic heterocycles. The van der Waals surface area contributed by atoms with E-state index in [1.54, 1.807) is 12.1 Å². The third kappa shape index (κ3) is 4.16. The van der Waals surface area contributed by atoms with Crippen LogP contribution >= 0.6 is 23.2 Å². The summed E-state index contributed by atoms with van der Waals surface area (Å²) in [6.07, 6.45) is 0.674. The van der Waals surface area contributed by atoms with Crippen LogP contribution in [0.2, 0.25) is 10.0 Å². The molecule has 1 rings (SSSR count). The highest BCUT2D eigenvalue weighted by molar-refractivity contribution is 6.35. The first-order valence-corrected chi connectivity index (χ1v) is 6.66. The van der Waals surface area contributed by atoms with Crippen LogP contribution in [0.1, 0.15) is 31.9 Å². The van der Waals surface area contributed by atoms with E-state index in [0.717, 1.165) is 5.56 Å². The number of nitrogens with one attached hydrogen (secondary N) is 1. The van der Waals surface area contributed by atoms with E-state index in [9.17, 15) is 4.79 Å². The second kappa shape index (κ2) is 6.98. The quantitative estimate of drug-likeness (QED) is 0.874. The Morgan fingerprint density at radius 1 is 1.39 bits per heavy atom. The summed E-state index contributed by atoms with van der Waals surface area (Å²) in [7, 11) is 0. The first-order valence-electron chi connectivity index (χ1n) is 5.91. The van der Waals surface area contributed by atoms with E-state index in [1.807, 2.05) is 19.9 Å². The van der Waals surface area contributed by atoms with Gasteiger partial charge in [-0.2, -0.15) is 0 Å². The average molecular weight is 289 g/mol. The van der Waals surface area contributed by atoms with Crippen LogP contribution in [0, 0.1) is 5.92 Å². The normalized spacial score (nSPS) is 14.1. The molecule has 0 fully saturated rings. The van der Waals surface area contributed by atoms with Crippen molar-refractivity contribution >= 4 is 29.1 Å². The van der Waals surface area contributed by atoms with Gasteiger partial charge in [-0.1, -0.05) is 36.2 Å². The molecular weight excluding hydrogens is 271 g/mol. The number of amides is 1. The fraction of sp³-hybridized carbons (Fsp3) is 0.462. The monoisotopic (exact) mass is 288 g/mol. The maximum Gasteiger partial charge on any atom is 0.223 e. The number of hydrogen-bond donors (Lipinski definition) is 2. The lowest BCUT2D eigenvalue weighted by Gasteiger charge is -2.18. The van der Waals surface area contributed by atoms with Gasteiger partial charge in [0.15, 0.2) is 0 Å². The molecule has 0 saturated heterocycles. The number of nitrogens with two attached hydrogens (primary N) is 1. The third-order valence-corrected chi connectivity index (χ3v) is 3.40. The zero-order chi connectivity index (χ0) is 13.7. The molecular formula is C13H18Cl2N2O. The Hall–Kier alpha value is -0.770. The van der Waals surface area contributed by atoms with Gasteiger partial charge in [0.1, 0.15) is 0 Å². The molecule has 0 aromatic heterocycles. The standard InChI is InChI=1S/C13H18Cl2N2O/c1-8(5-6-16)13(18)17-9(2)11-4-3-10(14)7-12(11)15/h3-4,7-9H,5-6,16H2,1-2H3,(H,17,18). The number of halogens is 2. The van der Waals surface area contributed by atoms with Crippen molar-refractivity contribution in [2.75, 3.05) is 6.54 Å². The molecule has 0 aliphatic carbocycles. The molecule has 0 saturated carbocycles. The largest absolute Gasteiger partial charge is 0.349 e. The summed E-state index contributed by atoms with van der Waals surface area (Å²) < 4.78 is 0. The highest BCUT2D eigenvalue weighted by atomic mass is 35.5. The smallest absolute Gasteiger partial charge is 0.223 e. The SMILES string of the molecule is CC(CCN)C(=O)NC(C)c1ccc(Cl)cc1Cl. The minimum atomic E-state index is -0.150. The van der Waals surface area contributed by atoms with Gasteiger partial charge in [-0.3, -0.25) is 4.79 Å². The van der Waals surface area contributed by atoms with Gasteiger partial charge in [0.2, 0.25) is 5.91 Å². The molecule has 3 nitrogen and oxygen atoms in total. The van der Waals surface area contributed by atoms with Gasteiger partial charge >= 0.3 is 0 Å². The number of carbonyl (C=O) groups is 1. The third-order valence-electron chi connectivity index (χ3n) is 2.84. The Morgan fingerprint density at radius 2 is 2.06 bits per heavy atom. The predicted molar refractivity (Wildman–Crippen MR) is 75.9 cm³/mol. The van der Waals surface area contributed by atoms with Crippen molar-refractivity contribution in [2.24, 2.45) is 11.7 Å². The van der Waals surface area contributed by atoms with Crippen LogP contribution in [0.4, 0.5) is 0 Å². The van der Waals surface area contributed by atoms with E-state index in [2.05, 4.69) is 5.32 Å². The van der Waals surface area contributed by atoms with Crippen molar-refractivity contribution in [3.05, 3.63) is 33.8 Å². The number of hydrogen-bond acceptors (Lipinski definition) is 2. The summed E-state index contributed by atoms with van der Waals surface area (Å²) in [5.74, 6) is -0.109. The molecule has 5 heteroatoms. The van der Waals surface area contributed by atoms with Gasteiger partial charge < -0.3 is 11.1 Å². The van der Waals surface area contributed by atoms with E-state index >= 15 is 0 Å². The van der Waals surface area contributed by atoms with Crippen LogP contribution < -0.4 is 11.1 Å². The fourth-order valence-electron chi connectivity index (χ4n) is 1.67. The second-order valence-corrected chi connectivity index (χ2v) is 5.22. The van der Waals surface area contributed by atoms with Crippen molar-refractivity contribution in [3.63, 3.8) is 0 Å². The van der Waals surface area contributed by atoms with E-state index in [1.165, 1.54) is 0 Å². The highest BCUT2D eigenvalue weighted by Gasteiger charge is 2.17. The molecule has 0 bridgehead atoms. The molecule has 0 spiro atoms. The maximum atomic E-state index is 11.9. The molecule has 1 amide bonds. The Bertz CT molecular complexity index is 423. The number of carbonyl (C=O) groups excluding carboxylic acids is 1. The summed E-state index contributed by atoms with van der Waals surface area (Å²) in [5, 5.41) is 4.06. The maximum absolute atomic E-state index is 11.9. The van der Waals surface area contributed by atoms with Crippen LogP contribution in [0.3, 0.4) is 0 Å². The van der Waals surface area contributed by atoms with Gasteiger partial charge in [0.25, 0.3) is 0 Å². The van der Waals surface area contributed by atoms with Crippen LogP contribution in [-0.4, -0.2) is 12.5 Å². The zero-order valence-electron chi connectivity index (χ0n) is 10.5. The predicted octanol–water partition coefficient (Wildman–Crippen LogP) is 3.16. The Morgan fingerprint density at radius 3 is 2.61 bits per heavy atom. The lowest BCUT2D eigenvalue weighted by Crippen LogP contribution is -2.32. The lowest BCUT2D eigenvalue weighted by atomic mass is 10.0. The molecule has 18 heavy (non-hydrogen) atoms. The first-order chi connectivity index (χ1) is 8.45. The van der Waals surface area contributed by atoms with Gasteiger partial charge in [-0.15, -0.1) is 0 Å². The van der Waals surface area contributed by atoms with Gasteiger partial charge in [0.05, 0.1) is 6.04 Å². The lowest BCUT2D eigenvalue weighted by molar-refractivity contribution is -0.125. The fourth-order valence-corrected chi connectivity index (χ4v) is 2.24. The minimum absolute atomic E-state index is 0.0148. The highest BCUT2D eigenvalue weighted by Crippen LogP contribution is 2.26. The van der Waals surface area contributed by atoms with Crippen molar-refractivity contribution in [1.29, 1.82) is 0 Å². The van der Waals surface area contributed by atoms with Crippen molar-refractivity contribution in [3.8, 4) is 0 Å². The van der Waals surface area contributed by atoms with E-state index in [-0.39, 0.29) is 17.9 Å². The topological polar surface area (TPSA) is 55.1 Å². The first kappa shape index (κ1) is 15.3. The molecule has 3 N–H and O–H groups in total. The molecule has 2 atom stereocenters. The van der Waals surface area contributed by atoms with Crippen LogP contribution in [0.15, 0.2) is 18.2 Å². The Kier molecular flexibility index (Phi) is 5.93. The molecule has 1 aromatic rings. The van der Waals surface area contributed by atoms with E-state index < -0.39 is 0 Å². The van der Waals surface area contributed by atoms with Crippen molar-refractivity contribution in [2.45, 2.75) is 26.3 Å². The van der Waals surface area contributed by atoms with Crippen LogP contribution in [-0.2, 0) is 4.79 Å². The van der Waals surface area contributed by atoms with Crippen LogP contribution in [0.5, 0.6) is 0 Å². The summed E-state index contributed by atoms with van der Waals surface area (Å²) in [5.41, 5.74) is 6.29. The summed E-state index contributed by atoms with van der Waals surface area (Å²) >= 11 is 11.9. The van der Waals surface area contributed by atoms with Crippen molar-refractivity contribution < 1.29 is 4.79 Å². The Labute approximate surface area is 118 Å². The van der Waals surface area contributed by atoms with Gasteiger partial charge in [-0.05, 0) is 37.6 Å². The van der Waals surface area contributed by atoms with Crippen LogP contribution in [0.25, 0.3) is 0 Å². The molecule has 0 aliphatic rings. The van der Waals surface area contributed by atoms with Gasteiger partial charge in [0, 0.05) is 16.0 Å². The summed E-state index contributed by atoms with van der Waals surface area (Å²) in [6.45, 7) is 4.26.